The molecule has 2 unspecified atom stereocenters. The molecule has 7 nitrogen and oxygen atoms in total. The molecule has 1 aromatic carbocycles. The monoisotopic (exact) mass is 353 g/mol. The average Bonchev–Trinajstić information content (AvgIpc) is 2.57. The highest BCUT2D eigenvalue weighted by molar-refractivity contribution is 7.99. The van der Waals surface area contributed by atoms with Gasteiger partial charge < -0.3 is 15.0 Å². The van der Waals surface area contributed by atoms with E-state index < -0.39 is 4.92 Å². The lowest BCUT2D eigenvalue weighted by Gasteiger charge is -2.38. The van der Waals surface area contributed by atoms with Crippen LogP contribution in [-0.2, 0) is 10.5 Å². The maximum absolute atomic E-state index is 12.4. The molecule has 0 radical (unpaired) electrons. The molecule has 1 N–H and O–H groups in total. The van der Waals surface area contributed by atoms with Crippen LogP contribution in [0.4, 0.5) is 5.69 Å². The van der Waals surface area contributed by atoms with Gasteiger partial charge in [0, 0.05) is 37.0 Å². The number of amides is 1. The third kappa shape index (κ3) is 4.39. The van der Waals surface area contributed by atoms with Gasteiger partial charge in [-0.3, -0.25) is 14.9 Å². The second-order valence-electron chi connectivity index (χ2n) is 5.83. The van der Waals surface area contributed by atoms with Crippen molar-refractivity contribution in [3.05, 3.63) is 33.9 Å². The Kier molecular flexibility index (Phi) is 6.44. The topological polar surface area (TPSA) is 84.7 Å². The maximum atomic E-state index is 12.4. The smallest absolute Gasteiger partial charge is 0.311 e. The Balaban J connectivity index is 1.91. The number of nitro groups is 1. The molecule has 0 bridgehead atoms. The minimum Gasteiger partial charge on any atom is -0.490 e. The van der Waals surface area contributed by atoms with E-state index in [-0.39, 0.29) is 29.4 Å². The molecule has 0 spiro atoms. The molecule has 1 heterocycles. The Hall–Kier alpha value is -1.80. The number of nitrogens with one attached hydrogen (secondary N) is 1. The maximum Gasteiger partial charge on any atom is 0.311 e. The lowest BCUT2D eigenvalue weighted by atomic mass is 10.1. The highest BCUT2D eigenvalue weighted by Gasteiger charge is 2.27. The van der Waals surface area contributed by atoms with Crippen LogP contribution in [0, 0.1) is 10.1 Å². The lowest BCUT2D eigenvalue weighted by molar-refractivity contribution is -0.385. The fourth-order valence-corrected chi connectivity index (χ4v) is 3.57. The zero-order chi connectivity index (χ0) is 17.7. The summed E-state index contributed by atoms with van der Waals surface area (Å²) in [5.41, 5.74) is 0.758. The van der Waals surface area contributed by atoms with E-state index in [4.69, 9.17) is 4.74 Å². The molecule has 0 saturated carbocycles. The van der Waals surface area contributed by atoms with Crippen molar-refractivity contribution in [3.63, 3.8) is 0 Å². The van der Waals surface area contributed by atoms with Gasteiger partial charge >= 0.3 is 5.69 Å². The average molecular weight is 353 g/mol. The van der Waals surface area contributed by atoms with Gasteiger partial charge in [0.15, 0.2) is 5.75 Å². The van der Waals surface area contributed by atoms with Gasteiger partial charge in [-0.25, -0.2) is 0 Å². The molecule has 2 atom stereocenters. The molecular weight excluding hydrogens is 330 g/mol. The molecule has 1 aliphatic heterocycles. The SMILES string of the molecule is COc1ccc(CSCC(=O)N2CCNC(C)C2C)cc1[N+](=O)[O-]. The quantitative estimate of drug-likeness (QED) is 0.622. The standard InChI is InChI=1S/C16H23N3O4S/c1-11-12(2)18(7-6-17-11)16(20)10-24-9-13-4-5-15(23-3)14(8-13)19(21)22/h4-5,8,11-12,17H,6-7,9-10H2,1-3H3. The number of thioether (sulfide) groups is 1. The summed E-state index contributed by atoms with van der Waals surface area (Å²) < 4.78 is 4.99. The first-order valence-corrected chi connectivity index (χ1v) is 9.01. The number of rotatable bonds is 6. The third-order valence-corrected chi connectivity index (χ3v) is 5.28. The van der Waals surface area contributed by atoms with Gasteiger partial charge in [0.2, 0.25) is 5.91 Å². The number of piperazine rings is 1. The van der Waals surface area contributed by atoms with Crippen LogP contribution >= 0.6 is 11.8 Å². The van der Waals surface area contributed by atoms with Crippen molar-refractivity contribution in [2.75, 3.05) is 26.0 Å². The summed E-state index contributed by atoms with van der Waals surface area (Å²) in [6.45, 7) is 5.66. The Morgan fingerprint density at radius 2 is 2.25 bits per heavy atom. The molecule has 1 aliphatic rings. The van der Waals surface area contributed by atoms with Crippen molar-refractivity contribution in [2.24, 2.45) is 0 Å². The normalized spacial score (nSPS) is 20.7. The largest absolute Gasteiger partial charge is 0.490 e. The fourth-order valence-electron chi connectivity index (χ4n) is 2.72. The number of hydrogen-bond acceptors (Lipinski definition) is 6. The number of hydrogen-bond donors (Lipinski definition) is 1. The fraction of sp³-hybridized carbons (Fsp3) is 0.562. The van der Waals surface area contributed by atoms with Crippen LogP contribution in [0.1, 0.15) is 19.4 Å². The molecule has 1 fully saturated rings. The van der Waals surface area contributed by atoms with E-state index in [1.807, 2.05) is 11.8 Å². The van der Waals surface area contributed by atoms with E-state index in [9.17, 15) is 14.9 Å². The van der Waals surface area contributed by atoms with Crippen molar-refractivity contribution in [1.82, 2.24) is 10.2 Å². The number of benzene rings is 1. The van der Waals surface area contributed by atoms with Crippen molar-refractivity contribution in [1.29, 1.82) is 0 Å². The number of ether oxygens (including phenoxy) is 1. The highest BCUT2D eigenvalue weighted by atomic mass is 32.2. The van der Waals surface area contributed by atoms with Crippen LogP contribution in [0.25, 0.3) is 0 Å². The molecule has 1 aromatic rings. The highest BCUT2D eigenvalue weighted by Crippen LogP contribution is 2.29. The van der Waals surface area contributed by atoms with Gasteiger partial charge in [-0.1, -0.05) is 6.07 Å². The summed E-state index contributed by atoms with van der Waals surface area (Å²) in [6.07, 6.45) is 0. The minimum atomic E-state index is -0.456. The van der Waals surface area contributed by atoms with Crippen LogP contribution in [0.3, 0.4) is 0 Å². The predicted molar refractivity (Wildman–Crippen MR) is 94.5 cm³/mol. The Labute approximate surface area is 145 Å². The minimum absolute atomic E-state index is 0.0496. The lowest BCUT2D eigenvalue weighted by Crippen LogP contribution is -2.57. The van der Waals surface area contributed by atoms with E-state index in [1.54, 1.807) is 12.1 Å². The number of nitrogens with zero attached hydrogens (tertiary/aromatic N) is 2. The molecule has 2 rings (SSSR count). The van der Waals surface area contributed by atoms with Crippen molar-refractivity contribution < 1.29 is 14.5 Å². The summed E-state index contributed by atoms with van der Waals surface area (Å²) >= 11 is 1.47. The Morgan fingerprint density at radius 1 is 1.50 bits per heavy atom. The summed E-state index contributed by atoms with van der Waals surface area (Å²) in [4.78, 5) is 24.9. The van der Waals surface area contributed by atoms with Crippen LogP contribution in [0.2, 0.25) is 0 Å². The zero-order valence-corrected chi connectivity index (χ0v) is 15.0. The second kappa shape index (κ2) is 8.34. The first-order chi connectivity index (χ1) is 11.4. The number of carbonyl (C=O) groups excluding carboxylic acids is 1. The molecule has 132 valence electrons. The van der Waals surface area contributed by atoms with E-state index in [2.05, 4.69) is 12.2 Å². The van der Waals surface area contributed by atoms with Crippen LogP contribution < -0.4 is 10.1 Å². The Bertz CT molecular complexity index is 611. The summed E-state index contributed by atoms with van der Waals surface area (Å²) in [5, 5.41) is 14.4. The zero-order valence-electron chi connectivity index (χ0n) is 14.2. The first kappa shape index (κ1) is 18.5. The van der Waals surface area contributed by atoms with Crippen molar-refractivity contribution in [2.45, 2.75) is 31.7 Å². The summed E-state index contributed by atoms with van der Waals surface area (Å²) in [7, 11) is 1.41. The number of carbonyl (C=O) groups is 1. The molecule has 1 saturated heterocycles. The van der Waals surface area contributed by atoms with Gasteiger partial charge in [0.05, 0.1) is 17.8 Å². The van der Waals surface area contributed by atoms with Crippen LogP contribution in [0.5, 0.6) is 5.75 Å². The van der Waals surface area contributed by atoms with Crippen molar-refractivity contribution >= 4 is 23.4 Å². The molecule has 0 aromatic heterocycles. The summed E-state index contributed by atoms with van der Waals surface area (Å²) in [5.74, 6) is 1.28. The molecule has 0 aliphatic carbocycles. The third-order valence-electron chi connectivity index (χ3n) is 4.29. The van der Waals surface area contributed by atoms with E-state index >= 15 is 0 Å². The second-order valence-corrected chi connectivity index (χ2v) is 6.81. The van der Waals surface area contributed by atoms with Gasteiger partial charge in [-0.05, 0) is 25.5 Å². The van der Waals surface area contributed by atoms with Crippen LogP contribution in [0.15, 0.2) is 18.2 Å². The first-order valence-electron chi connectivity index (χ1n) is 7.86. The van der Waals surface area contributed by atoms with E-state index in [1.165, 1.54) is 24.9 Å². The van der Waals surface area contributed by atoms with Gasteiger partial charge in [0.1, 0.15) is 0 Å². The van der Waals surface area contributed by atoms with E-state index in [0.29, 0.717) is 11.5 Å². The predicted octanol–water partition coefficient (Wildman–Crippen LogP) is 2.05. The summed E-state index contributed by atoms with van der Waals surface area (Å²) in [6, 6.07) is 5.35. The molecule has 24 heavy (non-hydrogen) atoms. The molecule has 8 heteroatoms. The number of nitro benzene ring substituents is 1. The molecular formula is C16H23N3O4S. The van der Waals surface area contributed by atoms with Crippen molar-refractivity contribution in [3.8, 4) is 5.75 Å². The van der Waals surface area contributed by atoms with Gasteiger partial charge in [0.25, 0.3) is 0 Å². The number of methoxy groups -OCH3 is 1. The van der Waals surface area contributed by atoms with Crippen LogP contribution in [-0.4, -0.2) is 53.8 Å². The van der Waals surface area contributed by atoms with Gasteiger partial charge in [-0.2, -0.15) is 0 Å². The molecule has 1 amide bonds. The van der Waals surface area contributed by atoms with E-state index in [0.717, 1.165) is 18.7 Å². The van der Waals surface area contributed by atoms with Gasteiger partial charge in [-0.15, -0.1) is 11.8 Å². The Morgan fingerprint density at radius 3 is 2.92 bits per heavy atom.